The smallest absolute Gasteiger partial charge is 0.255 e. The Balaban J connectivity index is 1.99. The fraction of sp³-hybridized carbons (Fsp3) is 0.483. The van der Waals surface area contributed by atoms with Gasteiger partial charge in [0.25, 0.3) is 5.91 Å². The summed E-state index contributed by atoms with van der Waals surface area (Å²) < 4.78 is 0. The summed E-state index contributed by atoms with van der Waals surface area (Å²) >= 11 is 0. The molecule has 4 rings (SSSR count). The number of Topliss-reactive ketones (excluding diaryl/α,β-unsaturated/α-hetero) is 2. The zero-order valence-corrected chi connectivity index (χ0v) is 23.9. The molecule has 0 radical (unpaired) electrons. The number of primary amides is 1. The molecule has 0 saturated heterocycles. The lowest BCUT2D eigenvalue weighted by Gasteiger charge is -2.47. The van der Waals surface area contributed by atoms with E-state index in [1.54, 1.807) is 26.2 Å². The lowest BCUT2D eigenvalue weighted by atomic mass is 9.62. The molecule has 216 valence electrons. The van der Waals surface area contributed by atoms with Crippen LogP contribution in [0, 0.1) is 11.3 Å². The highest BCUT2D eigenvalue weighted by Crippen LogP contribution is 2.51. The minimum absolute atomic E-state index is 0.0124. The van der Waals surface area contributed by atoms with Crippen molar-refractivity contribution >= 4 is 33.9 Å². The van der Waals surface area contributed by atoms with Crippen LogP contribution >= 0.6 is 0 Å². The van der Waals surface area contributed by atoms with Gasteiger partial charge >= 0.3 is 0 Å². The number of amides is 1. The summed E-state index contributed by atoms with van der Waals surface area (Å²) in [7, 11) is 6.74. The molecule has 11 nitrogen and oxygen atoms in total. The maximum absolute atomic E-state index is 14.0. The fourth-order valence-corrected chi connectivity index (χ4v) is 5.97. The van der Waals surface area contributed by atoms with Crippen LogP contribution in [0.1, 0.15) is 42.3 Å². The highest BCUT2D eigenvalue weighted by molar-refractivity contribution is 6.25. The number of rotatable bonds is 6. The molecule has 0 fully saturated rings. The summed E-state index contributed by atoms with van der Waals surface area (Å²) in [5.41, 5.74) is 3.02. The molecule has 7 N–H and O–H groups in total. The van der Waals surface area contributed by atoms with E-state index in [-0.39, 0.29) is 35.1 Å². The fourth-order valence-electron chi connectivity index (χ4n) is 5.97. The second-order valence-corrected chi connectivity index (χ2v) is 12.4. The van der Waals surface area contributed by atoms with Crippen molar-refractivity contribution in [2.24, 2.45) is 17.1 Å². The van der Waals surface area contributed by atoms with Crippen LogP contribution in [0.15, 0.2) is 23.5 Å². The number of phenols is 2. The number of phenolic OH excluding ortho intramolecular Hbond substituents is 2. The number of carbonyl (C=O) groups is 3. The minimum Gasteiger partial charge on any atom is -0.508 e. The van der Waals surface area contributed by atoms with Crippen LogP contribution in [0.3, 0.4) is 0 Å². The molecule has 2 aliphatic carbocycles. The molecule has 3 atom stereocenters. The molecular weight excluding hydrogens is 516 g/mol. The zero-order valence-electron chi connectivity index (χ0n) is 23.9. The number of anilines is 1. The van der Waals surface area contributed by atoms with Gasteiger partial charge in [-0.15, -0.1) is 0 Å². The molecule has 11 heteroatoms. The summed E-state index contributed by atoms with van der Waals surface area (Å²) in [6.45, 7) is 7.15. The van der Waals surface area contributed by atoms with E-state index in [1.165, 1.54) is 4.90 Å². The van der Waals surface area contributed by atoms with Crippen LogP contribution in [-0.4, -0.2) is 89.2 Å². The van der Waals surface area contributed by atoms with Gasteiger partial charge in [-0.2, -0.15) is 0 Å². The molecular formula is C29H38N4O7. The molecule has 0 bridgehead atoms. The maximum atomic E-state index is 14.0. The van der Waals surface area contributed by atoms with Gasteiger partial charge < -0.3 is 36.4 Å². The number of hydrogen-bond donors (Lipinski definition) is 6. The average molecular weight is 555 g/mol. The summed E-state index contributed by atoms with van der Waals surface area (Å²) in [6.07, 6.45) is -0.0890. The first kappa shape index (κ1) is 29.3. The Morgan fingerprint density at radius 1 is 1.10 bits per heavy atom. The number of benzene rings is 2. The number of likely N-dealkylation sites (N-methyl/N-ethyl adjacent to an activating group) is 1. The molecule has 0 aromatic heterocycles. The predicted octanol–water partition coefficient (Wildman–Crippen LogP) is 1.35. The van der Waals surface area contributed by atoms with Crippen molar-refractivity contribution in [2.75, 3.05) is 39.6 Å². The van der Waals surface area contributed by atoms with Gasteiger partial charge in [-0.05, 0) is 43.6 Å². The largest absolute Gasteiger partial charge is 0.508 e. The highest BCUT2D eigenvalue weighted by Gasteiger charge is 2.62. The van der Waals surface area contributed by atoms with Crippen LogP contribution in [0.2, 0.25) is 0 Å². The second kappa shape index (κ2) is 9.76. The Hall–Kier alpha value is -3.67. The van der Waals surface area contributed by atoms with E-state index >= 15 is 0 Å². The van der Waals surface area contributed by atoms with Crippen molar-refractivity contribution in [3.8, 4) is 11.5 Å². The normalized spacial score (nSPS) is 23.0. The van der Waals surface area contributed by atoms with Gasteiger partial charge in [-0.1, -0.05) is 20.8 Å². The number of aliphatic hydroxyl groups excluding tert-OH is 1. The van der Waals surface area contributed by atoms with Crippen LogP contribution in [0.25, 0.3) is 10.8 Å². The molecule has 0 saturated carbocycles. The van der Waals surface area contributed by atoms with Crippen molar-refractivity contribution in [1.29, 1.82) is 0 Å². The Morgan fingerprint density at radius 3 is 2.25 bits per heavy atom. The number of aromatic hydroxyl groups is 2. The number of nitrogens with zero attached hydrogens (tertiary/aromatic N) is 2. The van der Waals surface area contributed by atoms with E-state index in [0.717, 1.165) is 0 Å². The third kappa shape index (κ3) is 4.38. The number of carbonyl (C=O) groups excluding carboxylic acids is 3. The lowest BCUT2D eigenvalue weighted by molar-refractivity contribution is -0.132. The highest BCUT2D eigenvalue weighted by atomic mass is 16.3. The van der Waals surface area contributed by atoms with Crippen molar-refractivity contribution in [2.45, 2.75) is 45.4 Å². The van der Waals surface area contributed by atoms with E-state index in [4.69, 9.17) is 5.73 Å². The number of nitrogens with two attached hydrogens (primary N) is 1. The molecule has 0 aliphatic heterocycles. The second-order valence-electron chi connectivity index (χ2n) is 12.4. The molecule has 0 spiro atoms. The SMILES string of the molecule is CN(C)c1cc(CNCC(C)(C)C)c(O)c2c(O)c3c(cc12)C[C@H]1[C@H](N(C)C)C(=O)C(C(N)=O)=C(O)[C@@]1(O)C3=O. The van der Waals surface area contributed by atoms with Crippen LogP contribution in [-0.2, 0) is 22.6 Å². The van der Waals surface area contributed by atoms with E-state index in [1.807, 2.05) is 19.0 Å². The first-order valence-corrected chi connectivity index (χ1v) is 13.1. The molecule has 2 aromatic carbocycles. The van der Waals surface area contributed by atoms with Crippen LogP contribution < -0.4 is 16.0 Å². The number of hydrogen-bond acceptors (Lipinski definition) is 10. The molecule has 40 heavy (non-hydrogen) atoms. The molecule has 1 amide bonds. The predicted molar refractivity (Wildman–Crippen MR) is 151 cm³/mol. The lowest BCUT2D eigenvalue weighted by Crippen LogP contribution is -2.64. The van der Waals surface area contributed by atoms with Gasteiger partial charge in [0.05, 0.1) is 17.0 Å². The van der Waals surface area contributed by atoms with Crippen molar-refractivity contribution in [3.05, 3.63) is 40.2 Å². The third-order valence-electron chi connectivity index (χ3n) is 7.81. The molecule has 0 unspecified atom stereocenters. The first-order chi connectivity index (χ1) is 18.4. The maximum Gasteiger partial charge on any atom is 0.255 e. The Morgan fingerprint density at radius 2 is 1.73 bits per heavy atom. The van der Waals surface area contributed by atoms with E-state index in [0.29, 0.717) is 28.7 Å². The van der Waals surface area contributed by atoms with Crippen LogP contribution in [0.4, 0.5) is 5.69 Å². The number of ketones is 2. The average Bonchev–Trinajstić information content (AvgIpc) is 2.81. The topological polar surface area (TPSA) is 177 Å². The van der Waals surface area contributed by atoms with E-state index in [2.05, 4.69) is 26.1 Å². The summed E-state index contributed by atoms with van der Waals surface area (Å²) in [4.78, 5) is 42.6. The Labute approximate surface area is 232 Å². The van der Waals surface area contributed by atoms with Gasteiger partial charge in [-0.25, -0.2) is 0 Å². The zero-order chi connectivity index (χ0) is 30.1. The Kier molecular flexibility index (Phi) is 7.15. The Bertz CT molecular complexity index is 1470. The molecule has 2 aromatic rings. The van der Waals surface area contributed by atoms with Gasteiger partial charge in [0.2, 0.25) is 5.78 Å². The third-order valence-corrected chi connectivity index (χ3v) is 7.81. The summed E-state index contributed by atoms with van der Waals surface area (Å²) in [5, 5.41) is 49.3. The van der Waals surface area contributed by atoms with Gasteiger partial charge in [0.15, 0.2) is 11.4 Å². The summed E-state index contributed by atoms with van der Waals surface area (Å²) in [6, 6.07) is 2.31. The van der Waals surface area contributed by atoms with Gasteiger partial charge in [-0.3, -0.25) is 19.3 Å². The monoisotopic (exact) mass is 554 g/mol. The van der Waals surface area contributed by atoms with Crippen molar-refractivity contribution in [1.82, 2.24) is 10.2 Å². The first-order valence-electron chi connectivity index (χ1n) is 13.1. The van der Waals surface area contributed by atoms with Gasteiger partial charge in [0.1, 0.15) is 22.8 Å². The molecule has 2 aliphatic rings. The van der Waals surface area contributed by atoms with Crippen LogP contribution in [0.5, 0.6) is 11.5 Å². The number of aliphatic hydroxyl groups is 2. The van der Waals surface area contributed by atoms with E-state index < -0.39 is 52.1 Å². The molecule has 0 heterocycles. The van der Waals surface area contributed by atoms with Crippen molar-refractivity contribution < 1.29 is 34.8 Å². The van der Waals surface area contributed by atoms with Gasteiger partial charge in [0, 0.05) is 49.7 Å². The number of fused-ring (bicyclic) bond motifs is 3. The number of nitrogens with one attached hydrogen (secondary N) is 1. The van der Waals surface area contributed by atoms with Crippen molar-refractivity contribution in [3.63, 3.8) is 0 Å². The standard InChI is InChI=1S/C29H38N4O7/c1-28(2,3)12-31-11-14-10-17(32(4)5)15-8-13-9-16-21(33(6)7)24(36)20(27(30)39)26(38)29(16,40)25(37)18(13)23(35)19(15)22(14)34/h8,10,16,21,31,34-35,38,40H,9,11-12H2,1-7H3,(H2,30,39)/t16-,21-,29-/m0/s1. The van der Waals surface area contributed by atoms with E-state index in [9.17, 15) is 34.8 Å². The quantitative estimate of drug-likeness (QED) is 0.286. The summed E-state index contributed by atoms with van der Waals surface area (Å²) in [5.74, 6) is -6.25. The minimum atomic E-state index is -2.70.